The summed E-state index contributed by atoms with van der Waals surface area (Å²) in [4.78, 5) is 11.9. The molecule has 0 radical (unpaired) electrons. The summed E-state index contributed by atoms with van der Waals surface area (Å²) in [5.74, 6) is 0.0404. The molecule has 20 heavy (non-hydrogen) atoms. The molecule has 0 aliphatic rings. The molecule has 1 N–H and O–H groups in total. The highest BCUT2D eigenvalue weighted by molar-refractivity contribution is 5.91. The summed E-state index contributed by atoms with van der Waals surface area (Å²) in [5, 5.41) is 11.8. The van der Waals surface area contributed by atoms with Crippen LogP contribution in [0.5, 0.6) is 0 Å². The van der Waals surface area contributed by atoms with Crippen LogP contribution >= 0.6 is 0 Å². The SMILES string of the molecule is CCCCCCCCC(=O)Nc1cc(C#N)ccc1C. The highest BCUT2D eigenvalue weighted by atomic mass is 16.1. The molecule has 0 saturated heterocycles. The van der Waals surface area contributed by atoms with Crippen LogP contribution in [0.2, 0.25) is 0 Å². The molecule has 3 heteroatoms. The van der Waals surface area contributed by atoms with Crippen LogP contribution in [0, 0.1) is 18.3 Å². The van der Waals surface area contributed by atoms with Crippen molar-refractivity contribution in [3.8, 4) is 6.07 Å². The fourth-order valence-electron chi connectivity index (χ4n) is 2.10. The number of anilines is 1. The molecule has 1 rings (SSSR count). The van der Waals surface area contributed by atoms with Crippen molar-refractivity contribution in [1.29, 1.82) is 5.26 Å². The number of nitrogens with one attached hydrogen (secondary N) is 1. The van der Waals surface area contributed by atoms with Crippen LogP contribution < -0.4 is 5.32 Å². The third-order valence-corrected chi connectivity index (χ3v) is 3.40. The summed E-state index contributed by atoms with van der Waals surface area (Å²) in [6, 6.07) is 7.44. The standard InChI is InChI=1S/C17H24N2O/c1-3-4-5-6-7-8-9-17(20)19-16-12-15(13-18)11-10-14(16)2/h10-12H,3-9H2,1-2H3,(H,19,20). The third kappa shape index (κ3) is 5.88. The van der Waals surface area contributed by atoms with E-state index >= 15 is 0 Å². The number of carbonyl (C=O) groups excluding carboxylic acids is 1. The number of hydrogen-bond acceptors (Lipinski definition) is 2. The Bertz CT molecular complexity index is 474. The lowest BCUT2D eigenvalue weighted by atomic mass is 10.1. The van der Waals surface area contributed by atoms with Gasteiger partial charge in [-0.25, -0.2) is 0 Å². The minimum Gasteiger partial charge on any atom is -0.326 e. The lowest BCUT2D eigenvalue weighted by Crippen LogP contribution is -2.12. The Morgan fingerprint density at radius 1 is 1.20 bits per heavy atom. The smallest absolute Gasteiger partial charge is 0.224 e. The number of unbranched alkanes of at least 4 members (excludes halogenated alkanes) is 5. The van der Waals surface area contributed by atoms with Gasteiger partial charge in [0, 0.05) is 12.1 Å². The monoisotopic (exact) mass is 272 g/mol. The van der Waals surface area contributed by atoms with E-state index in [2.05, 4.69) is 18.3 Å². The molecule has 0 fully saturated rings. The molecule has 0 saturated carbocycles. The predicted octanol–water partition coefficient (Wildman–Crippen LogP) is 4.56. The summed E-state index contributed by atoms with van der Waals surface area (Å²) in [7, 11) is 0. The van der Waals surface area contributed by atoms with E-state index in [1.807, 2.05) is 13.0 Å². The van der Waals surface area contributed by atoms with Crippen molar-refractivity contribution in [2.45, 2.75) is 58.8 Å². The van der Waals surface area contributed by atoms with Gasteiger partial charge in [0.25, 0.3) is 0 Å². The minimum absolute atomic E-state index is 0.0404. The van der Waals surface area contributed by atoms with Gasteiger partial charge in [-0.1, -0.05) is 45.1 Å². The Balaban J connectivity index is 2.34. The van der Waals surface area contributed by atoms with Crippen LogP contribution in [0.4, 0.5) is 5.69 Å². The topological polar surface area (TPSA) is 52.9 Å². The maximum atomic E-state index is 11.9. The Hall–Kier alpha value is -1.82. The van der Waals surface area contributed by atoms with Gasteiger partial charge in [0.05, 0.1) is 11.6 Å². The Kier molecular flexibility index (Phi) is 7.42. The van der Waals surface area contributed by atoms with E-state index in [0.29, 0.717) is 12.0 Å². The Morgan fingerprint density at radius 2 is 1.90 bits per heavy atom. The molecule has 1 aromatic rings. The summed E-state index contributed by atoms with van der Waals surface area (Å²) in [5.41, 5.74) is 2.31. The van der Waals surface area contributed by atoms with Crippen molar-refractivity contribution in [3.05, 3.63) is 29.3 Å². The van der Waals surface area contributed by atoms with Crippen molar-refractivity contribution in [2.75, 3.05) is 5.32 Å². The first-order chi connectivity index (χ1) is 9.67. The maximum Gasteiger partial charge on any atom is 0.224 e. The van der Waals surface area contributed by atoms with Gasteiger partial charge in [0.15, 0.2) is 0 Å². The van der Waals surface area contributed by atoms with Gasteiger partial charge in [-0.3, -0.25) is 4.79 Å². The quantitative estimate of drug-likeness (QED) is 0.705. The first-order valence-electron chi connectivity index (χ1n) is 7.48. The molecule has 0 aromatic heterocycles. The molecular weight excluding hydrogens is 248 g/mol. The molecular formula is C17H24N2O. The van der Waals surface area contributed by atoms with Crippen LogP contribution in [0.3, 0.4) is 0 Å². The third-order valence-electron chi connectivity index (χ3n) is 3.40. The zero-order valence-corrected chi connectivity index (χ0v) is 12.5. The minimum atomic E-state index is 0.0404. The van der Waals surface area contributed by atoms with E-state index in [9.17, 15) is 4.79 Å². The fourth-order valence-corrected chi connectivity index (χ4v) is 2.10. The van der Waals surface area contributed by atoms with Crippen LogP contribution in [0.1, 0.15) is 63.0 Å². The largest absolute Gasteiger partial charge is 0.326 e. The van der Waals surface area contributed by atoms with E-state index in [0.717, 1.165) is 24.1 Å². The molecule has 3 nitrogen and oxygen atoms in total. The second-order valence-electron chi connectivity index (χ2n) is 5.21. The van der Waals surface area contributed by atoms with Gasteiger partial charge in [-0.15, -0.1) is 0 Å². The molecule has 108 valence electrons. The fraction of sp³-hybridized carbons (Fsp3) is 0.529. The highest BCUT2D eigenvalue weighted by Crippen LogP contribution is 2.17. The number of nitrogens with zero attached hydrogens (tertiary/aromatic N) is 1. The average Bonchev–Trinajstić information content (AvgIpc) is 2.45. The number of nitriles is 1. The predicted molar refractivity (Wildman–Crippen MR) is 82.5 cm³/mol. The van der Waals surface area contributed by atoms with Gasteiger partial charge < -0.3 is 5.32 Å². The van der Waals surface area contributed by atoms with Crippen LogP contribution in [-0.2, 0) is 4.79 Å². The summed E-state index contributed by atoms with van der Waals surface area (Å²) < 4.78 is 0. The van der Waals surface area contributed by atoms with E-state index in [1.165, 1.54) is 25.7 Å². The van der Waals surface area contributed by atoms with Crippen LogP contribution in [-0.4, -0.2) is 5.91 Å². The molecule has 1 amide bonds. The highest BCUT2D eigenvalue weighted by Gasteiger charge is 2.05. The molecule has 0 unspecified atom stereocenters. The molecule has 0 heterocycles. The van der Waals surface area contributed by atoms with E-state index in [1.54, 1.807) is 12.1 Å². The summed E-state index contributed by atoms with van der Waals surface area (Å²) >= 11 is 0. The molecule has 0 spiro atoms. The Morgan fingerprint density at radius 3 is 2.60 bits per heavy atom. The lowest BCUT2D eigenvalue weighted by Gasteiger charge is -2.08. The first kappa shape index (κ1) is 16.2. The molecule has 1 aromatic carbocycles. The second-order valence-corrected chi connectivity index (χ2v) is 5.21. The molecule has 0 aliphatic heterocycles. The van der Waals surface area contributed by atoms with E-state index in [4.69, 9.17) is 5.26 Å². The van der Waals surface area contributed by atoms with Gasteiger partial charge >= 0.3 is 0 Å². The van der Waals surface area contributed by atoms with Gasteiger partial charge in [0.2, 0.25) is 5.91 Å². The number of aryl methyl sites for hydroxylation is 1. The van der Waals surface area contributed by atoms with Crippen molar-refractivity contribution in [2.24, 2.45) is 0 Å². The van der Waals surface area contributed by atoms with Crippen molar-refractivity contribution < 1.29 is 4.79 Å². The summed E-state index contributed by atoms with van der Waals surface area (Å²) in [6.07, 6.45) is 7.62. The lowest BCUT2D eigenvalue weighted by molar-refractivity contribution is -0.116. The zero-order chi connectivity index (χ0) is 14.8. The number of carbonyl (C=O) groups is 1. The van der Waals surface area contributed by atoms with Crippen LogP contribution in [0.25, 0.3) is 0 Å². The van der Waals surface area contributed by atoms with E-state index in [-0.39, 0.29) is 5.91 Å². The van der Waals surface area contributed by atoms with Gasteiger partial charge in [-0.05, 0) is 31.0 Å². The van der Waals surface area contributed by atoms with Gasteiger partial charge in [0.1, 0.15) is 0 Å². The second kappa shape index (κ2) is 9.14. The number of amides is 1. The van der Waals surface area contributed by atoms with E-state index < -0.39 is 0 Å². The van der Waals surface area contributed by atoms with Crippen molar-refractivity contribution in [3.63, 3.8) is 0 Å². The number of hydrogen-bond donors (Lipinski definition) is 1. The normalized spacial score (nSPS) is 10.1. The maximum absolute atomic E-state index is 11.9. The number of benzene rings is 1. The zero-order valence-electron chi connectivity index (χ0n) is 12.5. The molecule has 0 aliphatic carbocycles. The van der Waals surface area contributed by atoms with Crippen molar-refractivity contribution in [1.82, 2.24) is 0 Å². The van der Waals surface area contributed by atoms with Gasteiger partial charge in [-0.2, -0.15) is 5.26 Å². The Labute approximate surface area is 122 Å². The number of rotatable bonds is 8. The average molecular weight is 272 g/mol. The molecule has 0 bridgehead atoms. The molecule has 0 atom stereocenters. The van der Waals surface area contributed by atoms with Crippen molar-refractivity contribution >= 4 is 11.6 Å². The van der Waals surface area contributed by atoms with Crippen LogP contribution in [0.15, 0.2) is 18.2 Å². The first-order valence-corrected chi connectivity index (χ1v) is 7.48. The summed E-state index contributed by atoms with van der Waals surface area (Å²) in [6.45, 7) is 4.13.